The van der Waals surface area contributed by atoms with Crippen molar-refractivity contribution in [1.82, 2.24) is 15.5 Å². The standard InChI is InChI=1S/C14H15N3O5/c1-9-16-12(22-17-9)5-6-15-14(20)10-3-2-4-11(7-10)21-8-13(18)19/h2-4,7H,5-6,8H2,1H3,(H,15,20)(H,18,19). The number of nitrogens with zero attached hydrogens (tertiary/aromatic N) is 2. The van der Waals surface area contributed by atoms with Gasteiger partial charge in [0.15, 0.2) is 12.4 Å². The number of benzene rings is 1. The average molecular weight is 305 g/mol. The number of aliphatic carboxylic acids is 1. The molecule has 116 valence electrons. The van der Waals surface area contributed by atoms with Crippen LogP contribution >= 0.6 is 0 Å². The number of ether oxygens (including phenoxy) is 1. The molecule has 2 N–H and O–H groups in total. The normalized spacial score (nSPS) is 10.2. The number of hydrogen-bond acceptors (Lipinski definition) is 6. The third kappa shape index (κ3) is 4.58. The Hall–Kier alpha value is -2.90. The molecular weight excluding hydrogens is 290 g/mol. The molecule has 0 aliphatic rings. The van der Waals surface area contributed by atoms with E-state index in [0.29, 0.717) is 36.0 Å². The Labute approximate surface area is 126 Å². The van der Waals surface area contributed by atoms with Crippen LogP contribution in [0.5, 0.6) is 5.75 Å². The molecule has 0 bridgehead atoms. The first-order chi connectivity index (χ1) is 10.5. The summed E-state index contributed by atoms with van der Waals surface area (Å²) in [6, 6.07) is 6.29. The summed E-state index contributed by atoms with van der Waals surface area (Å²) in [4.78, 5) is 26.5. The summed E-state index contributed by atoms with van der Waals surface area (Å²) >= 11 is 0. The van der Waals surface area contributed by atoms with E-state index < -0.39 is 12.6 Å². The monoisotopic (exact) mass is 305 g/mol. The van der Waals surface area contributed by atoms with Gasteiger partial charge in [0, 0.05) is 18.5 Å². The molecule has 8 heteroatoms. The molecule has 0 atom stereocenters. The second-order valence-corrected chi connectivity index (χ2v) is 4.45. The van der Waals surface area contributed by atoms with Gasteiger partial charge in [-0.25, -0.2) is 4.79 Å². The van der Waals surface area contributed by atoms with Gasteiger partial charge in [0.2, 0.25) is 5.89 Å². The lowest BCUT2D eigenvalue weighted by molar-refractivity contribution is -0.139. The molecule has 8 nitrogen and oxygen atoms in total. The van der Waals surface area contributed by atoms with Crippen molar-refractivity contribution in [2.45, 2.75) is 13.3 Å². The number of hydrogen-bond donors (Lipinski definition) is 2. The van der Waals surface area contributed by atoms with Gasteiger partial charge in [0.1, 0.15) is 5.75 Å². The summed E-state index contributed by atoms with van der Waals surface area (Å²) < 4.78 is 9.96. The summed E-state index contributed by atoms with van der Waals surface area (Å²) in [7, 11) is 0. The lowest BCUT2D eigenvalue weighted by atomic mass is 10.2. The van der Waals surface area contributed by atoms with Gasteiger partial charge < -0.3 is 19.7 Å². The molecule has 1 amide bonds. The Bertz CT molecular complexity index is 668. The summed E-state index contributed by atoms with van der Waals surface area (Å²) in [6.45, 7) is 1.61. The Morgan fingerprint density at radius 1 is 1.41 bits per heavy atom. The Balaban J connectivity index is 1.86. The van der Waals surface area contributed by atoms with E-state index in [9.17, 15) is 9.59 Å². The van der Waals surface area contributed by atoms with E-state index >= 15 is 0 Å². The van der Waals surface area contributed by atoms with E-state index in [2.05, 4.69) is 15.5 Å². The number of nitrogens with one attached hydrogen (secondary N) is 1. The predicted octanol–water partition coefficient (Wildman–Crippen LogP) is 0.814. The molecule has 2 aromatic rings. The highest BCUT2D eigenvalue weighted by Crippen LogP contribution is 2.13. The first kappa shape index (κ1) is 15.5. The topological polar surface area (TPSA) is 115 Å². The largest absolute Gasteiger partial charge is 0.482 e. The van der Waals surface area contributed by atoms with Gasteiger partial charge in [-0.2, -0.15) is 4.98 Å². The van der Waals surface area contributed by atoms with Crippen molar-refractivity contribution in [3.8, 4) is 5.75 Å². The minimum atomic E-state index is -1.08. The van der Waals surface area contributed by atoms with Crippen LogP contribution in [0.4, 0.5) is 0 Å². The van der Waals surface area contributed by atoms with Crippen molar-refractivity contribution in [1.29, 1.82) is 0 Å². The van der Waals surface area contributed by atoms with Gasteiger partial charge in [-0.05, 0) is 25.1 Å². The van der Waals surface area contributed by atoms with E-state index in [1.54, 1.807) is 25.1 Å². The average Bonchev–Trinajstić information content (AvgIpc) is 2.91. The summed E-state index contributed by atoms with van der Waals surface area (Å²) in [5.41, 5.74) is 0.379. The second-order valence-electron chi connectivity index (χ2n) is 4.45. The Morgan fingerprint density at radius 2 is 2.23 bits per heavy atom. The molecule has 0 radical (unpaired) electrons. The maximum Gasteiger partial charge on any atom is 0.341 e. The van der Waals surface area contributed by atoms with Crippen LogP contribution < -0.4 is 10.1 Å². The first-order valence-corrected chi connectivity index (χ1v) is 6.56. The number of aryl methyl sites for hydroxylation is 1. The number of amides is 1. The van der Waals surface area contributed by atoms with E-state index in [-0.39, 0.29) is 5.91 Å². The molecule has 2 rings (SSSR count). The maximum atomic E-state index is 12.0. The van der Waals surface area contributed by atoms with Crippen LogP contribution in [-0.4, -0.2) is 40.3 Å². The molecule has 0 saturated carbocycles. The minimum Gasteiger partial charge on any atom is -0.482 e. The summed E-state index contributed by atoms with van der Waals surface area (Å²) in [6.07, 6.45) is 0.432. The van der Waals surface area contributed by atoms with Gasteiger partial charge in [0.05, 0.1) is 0 Å². The SMILES string of the molecule is Cc1noc(CCNC(=O)c2cccc(OCC(=O)O)c2)n1. The fourth-order valence-electron chi connectivity index (χ4n) is 1.70. The van der Waals surface area contributed by atoms with Gasteiger partial charge in [-0.15, -0.1) is 0 Å². The number of rotatable bonds is 7. The number of aromatic nitrogens is 2. The molecule has 22 heavy (non-hydrogen) atoms. The fourth-order valence-corrected chi connectivity index (χ4v) is 1.70. The maximum absolute atomic E-state index is 12.0. The smallest absolute Gasteiger partial charge is 0.341 e. The zero-order valence-corrected chi connectivity index (χ0v) is 11.9. The second kappa shape index (κ2) is 7.21. The molecule has 0 unspecified atom stereocenters. The van der Waals surface area contributed by atoms with Crippen LogP contribution in [0, 0.1) is 6.92 Å². The van der Waals surface area contributed by atoms with Crippen molar-refractivity contribution in [3.63, 3.8) is 0 Å². The van der Waals surface area contributed by atoms with Crippen molar-refractivity contribution >= 4 is 11.9 Å². The molecule has 1 heterocycles. The molecule has 0 saturated heterocycles. The van der Waals surface area contributed by atoms with Crippen LogP contribution in [0.25, 0.3) is 0 Å². The number of carbonyl (C=O) groups excluding carboxylic acids is 1. The molecular formula is C14H15N3O5. The minimum absolute atomic E-state index is 0.294. The zero-order chi connectivity index (χ0) is 15.9. The first-order valence-electron chi connectivity index (χ1n) is 6.56. The van der Waals surface area contributed by atoms with Crippen LogP contribution in [0.2, 0.25) is 0 Å². The van der Waals surface area contributed by atoms with Gasteiger partial charge in [-0.1, -0.05) is 11.2 Å². The number of carboxylic acids is 1. The zero-order valence-electron chi connectivity index (χ0n) is 11.9. The lowest BCUT2D eigenvalue weighted by Crippen LogP contribution is -2.25. The summed E-state index contributed by atoms with van der Waals surface area (Å²) in [5, 5.41) is 14.9. The molecule has 0 fully saturated rings. The third-order valence-electron chi connectivity index (χ3n) is 2.65. The van der Waals surface area contributed by atoms with Gasteiger partial charge in [-0.3, -0.25) is 4.79 Å². The highest BCUT2D eigenvalue weighted by molar-refractivity contribution is 5.94. The van der Waals surface area contributed by atoms with Crippen molar-refractivity contribution in [2.75, 3.05) is 13.2 Å². The van der Waals surface area contributed by atoms with Crippen LogP contribution in [-0.2, 0) is 11.2 Å². The highest BCUT2D eigenvalue weighted by Gasteiger charge is 2.08. The van der Waals surface area contributed by atoms with E-state index in [1.807, 2.05) is 0 Å². The van der Waals surface area contributed by atoms with Crippen molar-refractivity contribution in [3.05, 3.63) is 41.5 Å². The van der Waals surface area contributed by atoms with Gasteiger partial charge in [0.25, 0.3) is 5.91 Å². The molecule has 0 aliphatic heterocycles. The molecule has 1 aromatic heterocycles. The Kier molecular flexibility index (Phi) is 5.07. The van der Waals surface area contributed by atoms with E-state index in [0.717, 1.165) is 0 Å². The third-order valence-corrected chi connectivity index (χ3v) is 2.65. The fraction of sp³-hybridized carbons (Fsp3) is 0.286. The van der Waals surface area contributed by atoms with Crippen LogP contribution in [0.3, 0.4) is 0 Å². The Morgan fingerprint density at radius 3 is 2.91 bits per heavy atom. The van der Waals surface area contributed by atoms with Crippen molar-refractivity contribution < 1.29 is 24.0 Å². The van der Waals surface area contributed by atoms with Crippen LogP contribution in [0.15, 0.2) is 28.8 Å². The van der Waals surface area contributed by atoms with E-state index in [4.69, 9.17) is 14.4 Å². The number of carboxylic acid groups (broad SMARTS) is 1. The van der Waals surface area contributed by atoms with E-state index in [1.165, 1.54) is 6.07 Å². The molecule has 0 aliphatic carbocycles. The lowest BCUT2D eigenvalue weighted by Gasteiger charge is -2.06. The quantitative estimate of drug-likeness (QED) is 0.778. The number of carbonyl (C=O) groups is 2. The van der Waals surface area contributed by atoms with Gasteiger partial charge >= 0.3 is 5.97 Å². The van der Waals surface area contributed by atoms with Crippen molar-refractivity contribution in [2.24, 2.45) is 0 Å². The molecule has 0 spiro atoms. The molecule has 1 aromatic carbocycles. The highest BCUT2D eigenvalue weighted by atomic mass is 16.5. The summed E-state index contributed by atoms with van der Waals surface area (Å²) in [5.74, 6) is -0.0507. The van der Waals surface area contributed by atoms with Crippen LogP contribution in [0.1, 0.15) is 22.1 Å². The predicted molar refractivity (Wildman–Crippen MR) is 74.6 cm³/mol.